The number of benzene rings is 2. The summed E-state index contributed by atoms with van der Waals surface area (Å²) in [5.41, 5.74) is 4.06. The van der Waals surface area contributed by atoms with Gasteiger partial charge in [0.05, 0.1) is 21.8 Å². The van der Waals surface area contributed by atoms with Crippen molar-refractivity contribution in [2.24, 2.45) is 0 Å². The minimum atomic E-state index is 0.640. The summed E-state index contributed by atoms with van der Waals surface area (Å²) in [7, 11) is 0. The highest BCUT2D eigenvalue weighted by molar-refractivity contribution is 7.22. The quantitative estimate of drug-likeness (QED) is 0.644. The van der Waals surface area contributed by atoms with Gasteiger partial charge in [-0.25, -0.2) is 4.98 Å². The molecule has 4 rings (SSSR count). The fourth-order valence-corrected chi connectivity index (χ4v) is 4.96. The summed E-state index contributed by atoms with van der Waals surface area (Å²) in [6, 6.07) is 17.0. The van der Waals surface area contributed by atoms with E-state index in [1.54, 1.807) is 11.3 Å². The van der Waals surface area contributed by atoms with Crippen LogP contribution >= 0.6 is 11.3 Å². The molecule has 0 radical (unpaired) electrons. The van der Waals surface area contributed by atoms with Crippen molar-refractivity contribution in [1.29, 1.82) is 5.26 Å². The third-order valence-electron chi connectivity index (χ3n) is 5.49. The van der Waals surface area contributed by atoms with Crippen molar-refractivity contribution < 1.29 is 0 Å². The summed E-state index contributed by atoms with van der Waals surface area (Å²) in [6.45, 7) is 8.88. The lowest BCUT2D eigenvalue weighted by molar-refractivity contribution is 0.232. The molecule has 1 aromatic heterocycles. The van der Waals surface area contributed by atoms with Crippen molar-refractivity contribution in [2.75, 3.05) is 31.1 Å². The molecule has 0 spiro atoms. The highest BCUT2D eigenvalue weighted by Gasteiger charge is 2.27. The van der Waals surface area contributed by atoms with Gasteiger partial charge < -0.3 is 4.90 Å². The molecular formula is C22H24N4S. The van der Waals surface area contributed by atoms with Crippen LogP contribution in [-0.4, -0.2) is 42.1 Å². The monoisotopic (exact) mass is 376 g/mol. The van der Waals surface area contributed by atoms with E-state index in [2.05, 4.69) is 47.9 Å². The maximum atomic E-state index is 8.97. The van der Waals surface area contributed by atoms with Gasteiger partial charge in [-0.1, -0.05) is 43.4 Å². The summed E-state index contributed by atoms with van der Waals surface area (Å²) < 4.78 is 1.22. The van der Waals surface area contributed by atoms with E-state index in [-0.39, 0.29) is 0 Å². The fourth-order valence-electron chi connectivity index (χ4n) is 3.92. The normalized spacial score (nSPS) is 17.0. The Morgan fingerprint density at radius 2 is 1.89 bits per heavy atom. The summed E-state index contributed by atoms with van der Waals surface area (Å²) in [4.78, 5) is 9.88. The molecule has 1 aliphatic heterocycles. The Hall–Kier alpha value is -2.42. The fraction of sp³-hybridized carbons (Fsp3) is 0.364. The van der Waals surface area contributed by atoms with Crippen molar-refractivity contribution in [3.8, 4) is 17.2 Å². The Morgan fingerprint density at radius 3 is 2.59 bits per heavy atom. The van der Waals surface area contributed by atoms with Crippen LogP contribution in [0.4, 0.5) is 5.13 Å². The molecule has 0 amide bonds. The number of anilines is 1. The van der Waals surface area contributed by atoms with Gasteiger partial charge in [-0.2, -0.15) is 5.26 Å². The van der Waals surface area contributed by atoms with Crippen LogP contribution < -0.4 is 4.90 Å². The molecule has 0 saturated carbocycles. The smallest absolute Gasteiger partial charge is 0.186 e. The molecule has 0 bridgehead atoms. The molecule has 27 heavy (non-hydrogen) atoms. The van der Waals surface area contributed by atoms with Gasteiger partial charge in [-0.15, -0.1) is 0 Å². The van der Waals surface area contributed by atoms with Gasteiger partial charge in [0.15, 0.2) is 5.13 Å². The van der Waals surface area contributed by atoms with E-state index < -0.39 is 0 Å². The van der Waals surface area contributed by atoms with E-state index in [1.165, 1.54) is 16.7 Å². The number of aromatic nitrogens is 1. The Balaban J connectivity index is 1.57. The van der Waals surface area contributed by atoms with Crippen LogP contribution in [0.1, 0.15) is 25.8 Å². The van der Waals surface area contributed by atoms with E-state index in [0.717, 1.165) is 42.4 Å². The number of nitrogens with zero attached hydrogens (tertiary/aromatic N) is 4. The van der Waals surface area contributed by atoms with Gasteiger partial charge in [-0.3, -0.25) is 4.90 Å². The van der Waals surface area contributed by atoms with Crippen LogP contribution in [0.5, 0.6) is 0 Å². The number of nitriles is 1. The second kappa shape index (κ2) is 7.67. The predicted octanol–water partition coefficient (Wildman–Crippen LogP) is 4.76. The Morgan fingerprint density at radius 1 is 1.15 bits per heavy atom. The summed E-state index contributed by atoms with van der Waals surface area (Å²) in [6.07, 6.45) is 1.22. The van der Waals surface area contributed by atoms with E-state index in [4.69, 9.17) is 10.2 Å². The highest BCUT2D eigenvalue weighted by atomic mass is 32.1. The molecule has 0 N–H and O–H groups in total. The summed E-state index contributed by atoms with van der Waals surface area (Å²) in [5, 5.41) is 10.1. The van der Waals surface area contributed by atoms with Gasteiger partial charge >= 0.3 is 0 Å². The molecule has 4 nitrogen and oxygen atoms in total. The first kappa shape index (κ1) is 18.0. The number of fused-ring (bicyclic) bond motifs is 1. The number of hydrogen-bond acceptors (Lipinski definition) is 5. The number of hydrogen-bond donors (Lipinski definition) is 0. The van der Waals surface area contributed by atoms with Gasteiger partial charge in [0, 0.05) is 19.1 Å². The van der Waals surface area contributed by atoms with Crippen LogP contribution in [0.25, 0.3) is 21.3 Å². The lowest BCUT2D eigenvalue weighted by Gasteiger charge is -2.25. The van der Waals surface area contributed by atoms with E-state index >= 15 is 0 Å². The molecule has 3 aromatic rings. The van der Waals surface area contributed by atoms with Gasteiger partial charge in [0.25, 0.3) is 0 Å². The Labute approximate surface area is 164 Å². The maximum absolute atomic E-state index is 8.97. The third-order valence-corrected chi connectivity index (χ3v) is 6.57. The number of thiazole rings is 1. The van der Waals surface area contributed by atoms with Gasteiger partial charge in [-0.05, 0) is 54.9 Å². The Kier molecular flexibility index (Phi) is 5.11. The zero-order valence-electron chi connectivity index (χ0n) is 15.9. The first-order chi connectivity index (χ1) is 13.2. The second-order valence-electron chi connectivity index (χ2n) is 6.98. The molecule has 1 aliphatic rings. The zero-order chi connectivity index (χ0) is 18.8. The number of rotatable bonds is 5. The molecule has 1 saturated heterocycles. The van der Waals surface area contributed by atoms with Crippen molar-refractivity contribution in [2.45, 2.75) is 26.3 Å². The average molecular weight is 377 g/mol. The molecule has 138 valence electrons. The van der Waals surface area contributed by atoms with E-state index in [1.807, 2.05) is 24.3 Å². The minimum Gasteiger partial charge on any atom is -0.346 e. The standard InChI is InChI=1S/C22H24N4S/c1-3-25(4-2)19-11-12-26(15-19)22-24-20-10-9-18(13-21(20)27-22)17-7-5-16(14-23)6-8-17/h5-10,13,19H,3-4,11-12,15H2,1-2H3. The van der Waals surface area contributed by atoms with E-state index in [0.29, 0.717) is 11.6 Å². The summed E-state index contributed by atoms with van der Waals surface area (Å²) >= 11 is 1.78. The van der Waals surface area contributed by atoms with Gasteiger partial charge in [0.2, 0.25) is 0 Å². The molecule has 5 heteroatoms. The lowest BCUT2D eigenvalue weighted by Crippen LogP contribution is -2.37. The van der Waals surface area contributed by atoms with Crippen LogP contribution in [0.2, 0.25) is 0 Å². The molecule has 2 aromatic carbocycles. The van der Waals surface area contributed by atoms with Crippen molar-refractivity contribution in [1.82, 2.24) is 9.88 Å². The molecule has 1 unspecified atom stereocenters. The van der Waals surface area contributed by atoms with Crippen LogP contribution in [0.3, 0.4) is 0 Å². The maximum Gasteiger partial charge on any atom is 0.186 e. The topological polar surface area (TPSA) is 43.2 Å². The SMILES string of the molecule is CCN(CC)C1CCN(c2nc3ccc(-c4ccc(C#N)cc4)cc3s2)C1. The molecular weight excluding hydrogens is 352 g/mol. The second-order valence-corrected chi connectivity index (χ2v) is 7.99. The predicted molar refractivity (Wildman–Crippen MR) is 113 cm³/mol. The third kappa shape index (κ3) is 3.55. The highest BCUT2D eigenvalue weighted by Crippen LogP contribution is 2.34. The molecule has 2 heterocycles. The lowest BCUT2D eigenvalue weighted by atomic mass is 10.0. The number of likely N-dealkylation sites (N-methyl/N-ethyl adjacent to an activating group) is 1. The molecule has 0 aliphatic carbocycles. The minimum absolute atomic E-state index is 0.640. The average Bonchev–Trinajstić information content (AvgIpc) is 3.35. The van der Waals surface area contributed by atoms with Crippen molar-refractivity contribution in [3.05, 3.63) is 48.0 Å². The molecule has 1 atom stereocenters. The van der Waals surface area contributed by atoms with Crippen LogP contribution in [0, 0.1) is 11.3 Å². The van der Waals surface area contributed by atoms with Crippen LogP contribution in [0.15, 0.2) is 42.5 Å². The van der Waals surface area contributed by atoms with Crippen molar-refractivity contribution >= 4 is 26.7 Å². The van der Waals surface area contributed by atoms with E-state index in [9.17, 15) is 0 Å². The Bertz CT molecular complexity index is 966. The van der Waals surface area contributed by atoms with Gasteiger partial charge in [0.1, 0.15) is 0 Å². The van der Waals surface area contributed by atoms with Crippen molar-refractivity contribution in [3.63, 3.8) is 0 Å². The largest absolute Gasteiger partial charge is 0.346 e. The zero-order valence-corrected chi connectivity index (χ0v) is 16.7. The molecule has 1 fully saturated rings. The van der Waals surface area contributed by atoms with Crippen LogP contribution in [-0.2, 0) is 0 Å². The summed E-state index contributed by atoms with van der Waals surface area (Å²) in [5.74, 6) is 0. The first-order valence-corrected chi connectivity index (χ1v) is 10.4. The first-order valence-electron chi connectivity index (χ1n) is 9.62.